The van der Waals surface area contributed by atoms with Crippen LogP contribution >= 0.6 is 11.6 Å². The van der Waals surface area contributed by atoms with E-state index in [2.05, 4.69) is 10.2 Å². The van der Waals surface area contributed by atoms with Crippen LogP contribution in [-0.4, -0.2) is 22.7 Å². The molecule has 1 N–H and O–H groups in total. The fourth-order valence-electron chi connectivity index (χ4n) is 3.57. The number of aromatic nitrogens is 2. The monoisotopic (exact) mass is 330 g/mol. The van der Waals surface area contributed by atoms with Crippen molar-refractivity contribution in [2.24, 2.45) is 5.41 Å². The number of fused-ring (bicyclic) bond motifs is 1. The van der Waals surface area contributed by atoms with Crippen LogP contribution in [0.15, 0.2) is 18.3 Å². The summed E-state index contributed by atoms with van der Waals surface area (Å²) in [6, 6.07) is 3.05. The van der Waals surface area contributed by atoms with Crippen molar-refractivity contribution in [1.82, 2.24) is 10.2 Å². The first kappa shape index (κ1) is 15.3. The highest BCUT2D eigenvalue weighted by molar-refractivity contribution is 6.31. The molecular weight excluding hydrogens is 317 g/mol. The minimum Gasteiger partial charge on any atom is -0.303 e. The highest BCUT2D eigenvalue weighted by Crippen LogP contribution is 2.58. The lowest BCUT2D eigenvalue weighted by atomic mass is 9.70. The van der Waals surface area contributed by atoms with Crippen LogP contribution in [-0.2, 0) is 4.79 Å². The van der Waals surface area contributed by atoms with Crippen molar-refractivity contribution in [2.45, 2.75) is 37.8 Å². The Morgan fingerprint density at radius 2 is 2.00 bits per heavy atom. The maximum atomic E-state index is 13.7. The number of carbonyl (C=O) groups is 1. The molecule has 0 amide bonds. The third-order valence-electron chi connectivity index (χ3n) is 4.67. The Morgan fingerprint density at radius 3 is 2.59 bits per heavy atom. The summed E-state index contributed by atoms with van der Waals surface area (Å²) < 4.78 is 41.2. The molecule has 3 nitrogen and oxygen atoms in total. The number of hydrogen-bond donors (Lipinski definition) is 1. The second-order valence-corrected chi connectivity index (χ2v) is 6.24. The number of halogens is 4. The molecule has 1 aliphatic rings. The molecule has 0 aliphatic heterocycles. The van der Waals surface area contributed by atoms with Crippen LogP contribution in [0.3, 0.4) is 0 Å². The number of nitrogens with one attached hydrogen (secondary N) is 1. The molecule has 7 heteroatoms. The van der Waals surface area contributed by atoms with E-state index < -0.39 is 17.5 Å². The predicted octanol–water partition coefficient (Wildman–Crippen LogP) is 4.62. The van der Waals surface area contributed by atoms with E-state index in [9.17, 15) is 18.0 Å². The largest absolute Gasteiger partial charge is 0.395 e. The van der Waals surface area contributed by atoms with Gasteiger partial charge in [0.2, 0.25) is 0 Å². The molecule has 1 unspecified atom stereocenters. The molecule has 1 aromatic heterocycles. The van der Waals surface area contributed by atoms with Crippen molar-refractivity contribution in [2.75, 3.05) is 0 Å². The molecule has 0 bridgehead atoms. The molecule has 3 rings (SSSR count). The molecule has 1 heterocycles. The Morgan fingerprint density at radius 1 is 1.32 bits per heavy atom. The number of benzene rings is 1. The summed E-state index contributed by atoms with van der Waals surface area (Å²) in [7, 11) is 0. The molecule has 1 saturated carbocycles. The van der Waals surface area contributed by atoms with E-state index in [0.717, 1.165) is 0 Å². The van der Waals surface area contributed by atoms with Gasteiger partial charge in [0.1, 0.15) is 6.29 Å². The smallest absolute Gasteiger partial charge is 0.303 e. The molecule has 118 valence electrons. The second kappa shape index (κ2) is 5.26. The number of nitrogens with zero attached hydrogens (tertiary/aromatic N) is 1. The van der Waals surface area contributed by atoms with E-state index in [0.29, 0.717) is 35.1 Å². The van der Waals surface area contributed by atoms with Gasteiger partial charge in [0, 0.05) is 10.4 Å². The third kappa shape index (κ3) is 2.20. The summed E-state index contributed by atoms with van der Waals surface area (Å²) in [5, 5.41) is 7.44. The lowest BCUT2D eigenvalue weighted by Crippen LogP contribution is -2.41. The molecule has 0 radical (unpaired) electrons. The van der Waals surface area contributed by atoms with Gasteiger partial charge in [-0.3, -0.25) is 5.10 Å². The fourth-order valence-corrected chi connectivity index (χ4v) is 3.81. The van der Waals surface area contributed by atoms with Crippen LogP contribution in [0.1, 0.15) is 37.2 Å². The second-order valence-electron chi connectivity index (χ2n) is 5.80. The van der Waals surface area contributed by atoms with E-state index in [1.54, 1.807) is 6.07 Å². The van der Waals surface area contributed by atoms with Crippen molar-refractivity contribution in [3.8, 4) is 0 Å². The lowest BCUT2D eigenvalue weighted by Gasteiger charge is -2.36. The topological polar surface area (TPSA) is 45.8 Å². The van der Waals surface area contributed by atoms with Crippen LogP contribution < -0.4 is 0 Å². The molecule has 0 spiro atoms. The van der Waals surface area contributed by atoms with E-state index >= 15 is 0 Å². The quantitative estimate of drug-likeness (QED) is 0.834. The van der Waals surface area contributed by atoms with Gasteiger partial charge in [0.15, 0.2) is 0 Å². The Balaban J connectivity index is 2.21. The number of hydrogen-bond acceptors (Lipinski definition) is 2. The maximum Gasteiger partial charge on any atom is 0.395 e. The highest BCUT2D eigenvalue weighted by atomic mass is 35.5. The zero-order chi connectivity index (χ0) is 16.0. The van der Waals surface area contributed by atoms with Crippen molar-refractivity contribution in [3.05, 3.63) is 28.9 Å². The normalized spacial score (nSPS) is 19.5. The average Bonchev–Trinajstić information content (AvgIpc) is 3.07. The number of aldehydes is 1. The van der Waals surface area contributed by atoms with Gasteiger partial charge in [-0.15, -0.1) is 0 Å². The first-order chi connectivity index (χ1) is 10.4. The van der Waals surface area contributed by atoms with Crippen molar-refractivity contribution >= 4 is 28.8 Å². The Bertz CT molecular complexity index is 704. The standard InChI is InChI=1S/C15H14ClF3N2O/c16-10-5-9-7-20-21-13(9)11(6-10)12(8-22)14(15(17,18)19)3-1-2-4-14/h5-8,12H,1-4H2,(H,20,21). The first-order valence-corrected chi connectivity index (χ1v) is 7.41. The summed E-state index contributed by atoms with van der Waals surface area (Å²) in [6.07, 6.45) is -1.69. The zero-order valence-electron chi connectivity index (χ0n) is 11.6. The number of carbonyl (C=O) groups excluding carboxylic acids is 1. The van der Waals surface area contributed by atoms with Crippen LogP contribution in [0.5, 0.6) is 0 Å². The predicted molar refractivity (Wildman–Crippen MR) is 76.9 cm³/mol. The number of H-pyrrole nitrogens is 1. The van der Waals surface area contributed by atoms with Crippen molar-refractivity contribution < 1.29 is 18.0 Å². The van der Waals surface area contributed by atoms with Crippen LogP contribution in [0.2, 0.25) is 5.02 Å². The van der Waals surface area contributed by atoms with E-state index in [1.165, 1.54) is 12.3 Å². The van der Waals surface area contributed by atoms with Gasteiger partial charge in [-0.1, -0.05) is 24.4 Å². The van der Waals surface area contributed by atoms with Gasteiger partial charge in [0.25, 0.3) is 0 Å². The minimum absolute atomic E-state index is 0.0396. The molecule has 2 aromatic rings. The van der Waals surface area contributed by atoms with Crippen LogP contribution in [0.4, 0.5) is 13.2 Å². The third-order valence-corrected chi connectivity index (χ3v) is 4.89. The summed E-state index contributed by atoms with van der Waals surface area (Å²) >= 11 is 6.01. The van der Waals surface area contributed by atoms with E-state index in [-0.39, 0.29) is 18.4 Å². The SMILES string of the molecule is O=CC(c1cc(Cl)cc2cn[nH]c12)C1(C(F)(F)F)CCCC1. The van der Waals surface area contributed by atoms with E-state index in [1.807, 2.05) is 0 Å². The number of rotatable bonds is 3. The Labute approximate surface area is 129 Å². The average molecular weight is 331 g/mol. The maximum absolute atomic E-state index is 13.7. The molecule has 0 saturated heterocycles. The summed E-state index contributed by atoms with van der Waals surface area (Å²) in [5.74, 6) is -1.28. The minimum atomic E-state index is -4.44. The summed E-state index contributed by atoms with van der Waals surface area (Å²) in [6.45, 7) is 0. The van der Waals surface area contributed by atoms with Crippen molar-refractivity contribution in [1.29, 1.82) is 0 Å². The Kier molecular flexibility index (Phi) is 3.67. The lowest BCUT2D eigenvalue weighted by molar-refractivity contribution is -0.228. The van der Waals surface area contributed by atoms with Gasteiger partial charge in [-0.25, -0.2) is 0 Å². The van der Waals surface area contributed by atoms with Gasteiger partial charge in [0.05, 0.1) is 23.0 Å². The molecule has 1 fully saturated rings. The molecule has 1 atom stereocenters. The molecule has 22 heavy (non-hydrogen) atoms. The molecular formula is C15H14ClF3N2O. The Hall–Kier alpha value is -1.56. The molecule has 1 aromatic carbocycles. The van der Waals surface area contributed by atoms with Gasteiger partial charge < -0.3 is 4.79 Å². The summed E-state index contributed by atoms with van der Waals surface area (Å²) in [4.78, 5) is 11.6. The fraction of sp³-hybridized carbons (Fsp3) is 0.467. The number of alkyl halides is 3. The van der Waals surface area contributed by atoms with Gasteiger partial charge in [-0.05, 0) is 30.5 Å². The first-order valence-electron chi connectivity index (χ1n) is 7.03. The van der Waals surface area contributed by atoms with Gasteiger partial charge in [-0.2, -0.15) is 18.3 Å². The molecule has 1 aliphatic carbocycles. The van der Waals surface area contributed by atoms with Crippen LogP contribution in [0.25, 0.3) is 10.9 Å². The number of aromatic amines is 1. The zero-order valence-corrected chi connectivity index (χ0v) is 12.3. The van der Waals surface area contributed by atoms with E-state index in [4.69, 9.17) is 11.6 Å². The highest BCUT2D eigenvalue weighted by Gasteiger charge is 2.60. The van der Waals surface area contributed by atoms with Crippen LogP contribution in [0, 0.1) is 5.41 Å². The summed E-state index contributed by atoms with van der Waals surface area (Å²) in [5.41, 5.74) is -1.30. The van der Waals surface area contributed by atoms with Gasteiger partial charge >= 0.3 is 6.18 Å². The van der Waals surface area contributed by atoms with Crippen molar-refractivity contribution in [3.63, 3.8) is 0 Å².